The van der Waals surface area contributed by atoms with Crippen LogP contribution in [0.1, 0.15) is 43.9 Å². The molecule has 0 aromatic heterocycles. The van der Waals surface area contributed by atoms with Gasteiger partial charge in [-0.15, -0.1) is 0 Å². The molecule has 0 saturated heterocycles. The maximum Gasteiger partial charge on any atom is 0.123 e. The third-order valence-electron chi connectivity index (χ3n) is 3.39. The Balaban J connectivity index is 2.77. The zero-order valence-corrected chi connectivity index (χ0v) is 12.1. The van der Waals surface area contributed by atoms with E-state index in [4.69, 9.17) is 15.2 Å². The maximum atomic E-state index is 6.27. The van der Waals surface area contributed by atoms with E-state index in [2.05, 4.69) is 26.8 Å². The molecular weight excluding hydrogens is 226 g/mol. The normalized spacial score (nSPS) is 13.4. The lowest BCUT2D eigenvalue weighted by atomic mass is 9.94. The Morgan fingerprint density at radius 2 is 1.94 bits per heavy atom. The van der Waals surface area contributed by atoms with Crippen LogP contribution in [0.5, 0.6) is 5.75 Å². The quantitative estimate of drug-likeness (QED) is 0.844. The van der Waals surface area contributed by atoms with Crippen molar-refractivity contribution in [2.75, 3.05) is 14.2 Å². The average Bonchev–Trinajstić information content (AvgIpc) is 2.36. The van der Waals surface area contributed by atoms with Crippen molar-refractivity contribution in [2.24, 2.45) is 5.73 Å². The summed E-state index contributed by atoms with van der Waals surface area (Å²) >= 11 is 0. The monoisotopic (exact) mass is 251 g/mol. The Morgan fingerprint density at radius 3 is 2.50 bits per heavy atom. The van der Waals surface area contributed by atoms with Crippen LogP contribution in [0.3, 0.4) is 0 Å². The molecule has 1 aromatic rings. The van der Waals surface area contributed by atoms with Gasteiger partial charge in [0.25, 0.3) is 0 Å². The van der Waals surface area contributed by atoms with Crippen LogP contribution in [0.2, 0.25) is 0 Å². The van der Waals surface area contributed by atoms with Crippen LogP contribution in [-0.2, 0) is 4.74 Å². The van der Waals surface area contributed by atoms with Gasteiger partial charge in [-0.25, -0.2) is 0 Å². The summed E-state index contributed by atoms with van der Waals surface area (Å²) in [6, 6.07) is 6.10. The van der Waals surface area contributed by atoms with Gasteiger partial charge in [0.2, 0.25) is 0 Å². The first-order valence-electron chi connectivity index (χ1n) is 6.35. The highest BCUT2D eigenvalue weighted by Crippen LogP contribution is 2.29. The van der Waals surface area contributed by atoms with Gasteiger partial charge in [-0.3, -0.25) is 0 Å². The van der Waals surface area contributed by atoms with Gasteiger partial charge in [-0.1, -0.05) is 17.7 Å². The van der Waals surface area contributed by atoms with Crippen molar-refractivity contribution in [3.8, 4) is 5.75 Å². The van der Waals surface area contributed by atoms with Crippen molar-refractivity contribution in [2.45, 2.75) is 45.3 Å². The Morgan fingerprint density at radius 1 is 1.28 bits per heavy atom. The Labute approximate surface area is 110 Å². The molecule has 0 bridgehead atoms. The first-order valence-corrected chi connectivity index (χ1v) is 6.35. The van der Waals surface area contributed by atoms with E-state index in [0.29, 0.717) is 0 Å². The van der Waals surface area contributed by atoms with E-state index in [1.54, 1.807) is 14.2 Å². The summed E-state index contributed by atoms with van der Waals surface area (Å²) in [5, 5.41) is 0. The van der Waals surface area contributed by atoms with Crippen molar-refractivity contribution < 1.29 is 9.47 Å². The third-order valence-corrected chi connectivity index (χ3v) is 3.39. The molecule has 0 amide bonds. The standard InChI is InChI=1S/C15H25NO2/c1-11-6-7-14(17-4)12(10-11)13(16)8-9-15(2,3)18-5/h6-7,10,13H,8-9,16H2,1-5H3. The van der Waals surface area contributed by atoms with Gasteiger partial charge in [0.05, 0.1) is 12.7 Å². The summed E-state index contributed by atoms with van der Waals surface area (Å²) in [6.07, 6.45) is 1.79. The molecule has 1 aromatic carbocycles. The van der Waals surface area contributed by atoms with Crippen LogP contribution in [0, 0.1) is 6.92 Å². The number of hydrogen-bond acceptors (Lipinski definition) is 3. The molecule has 0 saturated carbocycles. The molecule has 0 radical (unpaired) electrons. The molecule has 18 heavy (non-hydrogen) atoms. The zero-order valence-electron chi connectivity index (χ0n) is 12.1. The Kier molecular flexibility index (Phi) is 5.17. The molecule has 3 nitrogen and oxygen atoms in total. The molecule has 102 valence electrons. The molecule has 1 unspecified atom stereocenters. The molecule has 0 fully saturated rings. The van der Waals surface area contributed by atoms with E-state index < -0.39 is 0 Å². The zero-order chi connectivity index (χ0) is 13.8. The van der Waals surface area contributed by atoms with Gasteiger partial charge >= 0.3 is 0 Å². The van der Waals surface area contributed by atoms with Gasteiger partial charge in [-0.05, 0) is 39.7 Å². The minimum Gasteiger partial charge on any atom is -0.496 e. The maximum absolute atomic E-state index is 6.27. The molecule has 0 spiro atoms. The minimum atomic E-state index is -0.130. The number of ether oxygens (including phenoxy) is 2. The first kappa shape index (κ1) is 15.0. The van der Waals surface area contributed by atoms with E-state index >= 15 is 0 Å². The lowest BCUT2D eigenvalue weighted by Gasteiger charge is -2.25. The van der Waals surface area contributed by atoms with Gasteiger partial charge in [0.15, 0.2) is 0 Å². The molecule has 0 heterocycles. The summed E-state index contributed by atoms with van der Waals surface area (Å²) in [7, 11) is 3.42. The number of nitrogens with two attached hydrogens (primary N) is 1. The molecule has 0 aliphatic rings. The highest BCUT2D eigenvalue weighted by molar-refractivity contribution is 5.38. The lowest BCUT2D eigenvalue weighted by Crippen LogP contribution is -2.24. The lowest BCUT2D eigenvalue weighted by molar-refractivity contribution is 0.0124. The second-order valence-electron chi connectivity index (χ2n) is 5.35. The smallest absolute Gasteiger partial charge is 0.123 e. The summed E-state index contributed by atoms with van der Waals surface area (Å²) in [4.78, 5) is 0. The van der Waals surface area contributed by atoms with Crippen molar-refractivity contribution >= 4 is 0 Å². The molecule has 1 rings (SSSR count). The topological polar surface area (TPSA) is 44.5 Å². The van der Waals surface area contributed by atoms with E-state index in [1.165, 1.54) is 5.56 Å². The average molecular weight is 251 g/mol. The second-order valence-corrected chi connectivity index (χ2v) is 5.35. The molecular formula is C15H25NO2. The SMILES string of the molecule is COc1ccc(C)cc1C(N)CCC(C)(C)OC. The number of methoxy groups -OCH3 is 2. The number of hydrogen-bond donors (Lipinski definition) is 1. The minimum absolute atomic E-state index is 0.0192. The number of rotatable bonds is 6. The van der Waals surface area contributed by atoms with E-state index in [9.17, 15) is 0 Å². The fraction of sp³-hybridized carbons (Fsp3) is 0.600. The van der Waals surface area contributed by atoms with Crippen molar-refractivity contribution in [1.82, 2.24) is 0 Å². The van der Waals surface area contributed by atoms with Gasteiger partial charge in [0.1, 0.15) is 5.75 Å². The molecule has 0 aliphatic carbocycles. The van der Waals surface area contributed by atoms with Crippen LogP contribution in [0.4, 0.5) is 0 Å². The first-order chi connectivity index (χ1) is 8.39. The summed E-state index contributed by atoms with van der Waals surface area (Å²) < 4.78 is 10.8. The molecule has 0 aliphatic heterocycles. The van der Waals surface area contributed by atoms with Crippen LogP contribution >= 0.6 is 0 Å². The van der Waals surface area contributed by atoms with Crippen molar-refractivity contribution in [3.05, 3.63) is 29.3 Å². The van der Waals surface area contributed by atoms with Crippen molar-refractivity contribution in [1.29, 1.82) is 0 Å². The van der Waals surface area contributed by atoms with Crippen molar-refractivity contribution in [3.63, 3.8) is 0 Å². The predicted molar refractivity (Wildman–Crippen MR) is 75.0 cm³/mol. The Bertz CT molecular complexity index is 388. The Hall–Kier alpha value is -1.06. The van der Waals surface area contributed by atoms with Gasteiger partial charge in [0, 0.05) is 18.7 Å². The highest BCUT2D eigenvalue weighted by atomic mass is 16.5. The number of aryl methyl sites for hydroxylation is 1. The summed E-state index contributed by atoms with van der Waals surface area (Å²) in [5.41, 5.74) is 8.41. The fourth-order valence-electron chi connectivity index (χ4n) is 1.90. The summed E-state index contributed by atoms with van der Waals surface area (Å²) in [5.74, 6) is 0.864. The fourth-order valence-corrected chi connectivity index (χ4v) is 1.90. The van der Waals surface area contributed by atoms with E-state index in [0.717, 1.165) is 24.2 Å². The molecule has 3 heteroatoms. The van der Waals surface area contributed by atoms with E-state index in [1.807, 2.05) is 12.1 Å². The largest absolute Gasteiger partial charge is 0.496 e. The van der Waals surface area contributed by atoms with Crippen LogP contribution in [-0.4, -0.2) is 19.8 Å². The second kappa shape index (κ2) is 6.21. The van der Waals surface area contributed by atoms with Crippen LogP contribution < -0.4 is 10.5 Å². The predicted octanol–water partition coefficient (Wildman–Crippen LogP) is 3.21. The highest BCUT2D eigenvalue weighted by Gasteiger charge is 2.20. The third kappa shape index (κ3) is 4.00. The van der Waals surface area contributed by atoms with Crippen LogP contribution in [0.15, 0.2) is 18.2 Å². The van der Waals surface area contributed by atoms with Crippen LogP contribution in [0.25, 0.3) is 0 Å². The van der Waals surface area contributed by atoms with Gasteiger partial charge in [-0.2, -0.15) is 0 Å². The van der Waals surface area contributed by atoms with E-state index in [-0.39, 0.29) is 11.6 Å². The summed E-state index contributed by atoms with van der Waals surface area (Å²) in [6.45, 7) is 6.22. The number of benzene rings is 1. The molecule has 2 N–H and O–H groups in total. The molecule has 1 atom stereocenters. The van der Waals surface area contributed by atoms with Gasteiger partial charge < -0.3 is 15.2 Å².